The molecule has 2 aliphatic rings. The van der Waals surface area contributed by atoms with Crippen molar-refractivity contribution < 1.29 is 19.1 Å². The van der Waals surface area contributed by atoms with Gasteiger partial charge in [-0.2, -0.15) is 5.10 Å². The second kappa shape index (κ2) is 10.8. The van der Waals surface area contributed by atoms with Gasteiger partial charge in [0.15, 0.2) is 0 Å². The van der Waals surface area contributed by atoms with Crippen LogP contribution in [0.3, 0.4) is 0 Å². The Morgan fingerprint density at radius 2 is 2.06 bits per heavy atom. The van der Waals surface area contributed by atoms with Crippen molar-refractivity contribution in [3.05, 3.63) is 18.0 Å². The number of nitrogens with one attached hydrogen (secondary N) is 1. The molecule has 32 heavy (non-hydrogen) atoms. The Kier molecular flexibility index (Phi) is 8.30. The van der Waals surface area contributed by atoms with E-state index in [0.717, 1.165) is 38.4 Å². The van der Waals surface area contributed by atoms with Crippen molar-refractivity contribution in [2.45, 2.75) is 52.2 Å². The Bertz CT molecular complexity index is 769. The number of rotatable bonds is 9. The van der Waals surface area contributed by atoms with Crippen LogP contribution in [0, 0.1) is 11.8 Å². The average molecular weight is 450 g/mol. The van der Waals surface area contributed by atoms with E-state index in [4.69, 9.17) is 9.47 Å². The van der Waals surface area contributed by atoms with Gasteiger partial charge in [0.25, 0.3) is 0 Å². The fourth-order valence-electron chi connectivity index (χ4n) is 4.68. The van der Waals surface area contributed by atoms with Crippen LogP contribution in [0.25, 0.3) is 0 Å². The number of likely N-dealkylation sites (tertiary alicyclic amines) is 1. The van der Waals surface area contributed by atoms with Gasteiger partial charge in [0, 0.05) is 57.0 Å². The van der Waals surface area contributed by atoms with Gasteiger partial charge in [-0.15, -0.1) is 0 Å². The van der Waals surface area contributed by atoms with Crippen LogP contribution in [0.4, 0.5) is 0 Å². The van der Waals surface area contributed by atoms with Crippen molar-refractivity contribution in [1.29, 1.82) is 0 Å². The molecule has 1 N–H and O–H groups in total. The lowest BCUT2D eigenvalue weighted by atomic mass is 9.92. The van der Waals surface area contributed by atoms with E-state index < -0.39 is 11.5 Å². The minimum atomic E-state index is -0.433. The SMILES string of the molecule is COCCn1cc([C@@H]2[C@@H](C(=O)NC[C@@H](C)CN3CCOCC3)CC(=O)N2C(C)(C)C)cn1. The van der Waals surface area contributed by atoms with Crippen LogP contribution in [-0.2, 0) is 25.6 Å². The lowest BCUT2D eigenvalue weighted by Gasteiger charge is -2.38. The van der Waals surface area contributed by atoms with Crippen LogP contribution in [0.5, 0.6) is 0 Å². The Hall–Kier alpha value is -1.97. The molecule has 9 nitrogen and oxygen atoms in total. The van der Waals surface area contributed by atoms with Crippen molar-refractivity contribution >= 4 is 11.8 Å². The Labute approximate surface area is 191 Å². The van der Waals surface area contributed by atoms with Crippen LogP contribution in [0.2, 0.25) is 0 Å². The second-order valence-corrected chi connectivity index (χ2v) is 9.98. The van der Waals surface area contributed by atoms with Crippen molar-refractivity contribution in [1.82, 2.24) is 24.9 Å². The molecular weight excluding hydrogens is 410 g/mol. The highest BCUT2D eigenvalue weighted by molar-refractivity contribution is 5.90. The first-order valence-electron chi connectivity index (χ1n) is 11.6. The summed E-state index contributed by atoms with van der Waals surface area (Å²) in [6, 6.07) is -0.326. The van der Waals surface area contributed by atoms with Crippen LogP contribution in [0.15, 0.2) is 12.4 Å². The van der Waals surface area contributed by atoms with Crippen LogP contribution in [-0.4, -0.2) is 90.0 Å². The quantitative estimate of drug-likeness (QED) is 0.611. The number of methoxy groups -OCH3 is 1. The first-order valence-corrected chi connectivity index (χ1v) is 11.6. The zero-order chi connectivity index (χ0) is 23.3. The molecule has 0 bridgehead atoms. The third-order valence-electron chi connectivity index (χ3n) is 6.20. The number of hydrogen-bond acceptors (Lipinski definition) is 6. The van der Waals surface area contributed by atoms with Gasteiger partial charge in [-0.3, -0.25) is 19.2 Å². The third kappa shape index (κ3) is 6.08. The second-order valence-electron chi connectivity index (χ2n) is 9.98. The first kappa shape index (κ1) is 24.7. The highest BCUT2D eigenvalue weighted by Gasteiger charge is 2.48. The molecule has 1 aromatic heterocycles. The average Bonchev–Trinajstić information content (AvgIpc) is 3.35. The summed E-state index contributed by atoms with van der Waals surface area (Å²) < 4.78 is 12.4. The maximum Gasteiger partial charge on any atom is 0.226 e. The monoisotopic (exact) mass is 449 g/mol. The van der Waals surface area contributed by atoms with Gasteiger partial charge in [0.05, 0.1) is 44.5 Å². The van der Waals surface area contributed by atoms with Gasteiger partial charge in [0.2, 0.25) is 11.8 Å². The molecule has 2 fully saturated rings. The molecule has 1 aromatic rings. The summed E-state index contributed by atoms with van der Waals surface area (Å²) in [5.74, 6) is -0.164. The molecule has 0 aliphatic carbocycles. The van der Waals surface area contributed by atoms with E-state index in [9.17, 15) is 9.59 Å². The Morgan fingerprint density at radius 1 is 1.34 bits per heavy atom. The highest BCUT2D eigenvalue weighted by atomic mass is 16.5. The molecule has 180 valence electrons. The summed E-state index contributed by atoms with van der Waals surface area (Å²) >= 11 is 0. The molecule has 3 heterocycles. The number of nitrogens with zero attached hydrogens (tertiary/aromatic N) is 4. The molecule has 2 saturated heterocycles. The number of carbonyl (C=O) groups excluding carboxylic acids is 2. The lowest BCUT2D eigenvalue weighted by Crippen LogP contribution is -2.46. The number of amides is 2. The smallest absolute Gasteiger partial charge is 0.226 e. The zero-order valence-corrected chi connectivity index (χ0v) is 20.2. The van der Waals surface area contributed by atoms with E-state index in [1.165, 1.54) is 0 Å². The standard InChI is InChI=1S/C23H39N5O4/c1-17(15-26-6-10-32-11-7-26)13-24-22(30)19-12-20(29)28(23(2,3)4)21(19)18-14-25-27(16-18)8-9-31-5/h14,16-17,19,21H,6-13,15H2,1-5H3,(H,24,30)/t17-,19+,21-/m1/s1. The maximum atomic E-state index is 13.3. The number of ether oxygens (including phenoxy) is 2. The molecule has 3 rings (SSSR count). The number of carbonyl (C=O) groups is 2. The van der Waals surface area contributed by atoms with Crippen LogP contribution >= 0.6 is 0 Å². The third-order valence-corrected chi connectivity index (χ3v) is 6.20. The number of hydrogen-bond donors (Lipinski definition) is 1. The Balaban J connectivity index is 1.69. The van der Waals surface area contributed by atoms with E-state index in [1.54, 1.807) is 13.3 Å². The van der Waals surface area contributed by atoms with Crippen molar-refractivity contribution in [3.63, 3.8) is 0 Å². The van der Waals surface area contributed by atoms with Crippen LogP contribution in [0.1, 0.15) is 45.7 Å². The molecule has 2 aliphatic heterocycles. The highest BCUT2D eigenvalue weighted by Crippen LogP contribution is 2.42. The minimum absolute atomic E-state index is 0.00802. The molecular formula is C23H39N5O4. The van der Waals surface area contributed by atoms with Gasteiger partial charge in [-0.05, 0) is 26.7 Å². The fourth-order valence-corrected chi connectivity index (χ4v) is 4.68. The van der Waals surface area contributed by atoms with Crippen molar-refractivity contribution in [2.75, 3.05) is 53.1 Å². The molecule has 0 unspecified atom stereocenters. The van der Waals surface area contributed by atoms with Gasteiger partial charge < -0.3 is 19.7 Å². The number of aromatic nitrogens is 2. The lowest BCUT2D eigenvalue weighted by molar-refractivity contribution is -0.133. The van der Waals surface area contributed by atoms with E-state index in [0.29, 0.717) is 25.6 Å². The largest absolute Gasteiger partial charge is 0.383 e. The first-order chi connectivity index (χ1) is 15.2. The molecule has 0 radical (unpaired) electrons. The molecule has 0 saturated carbocycles. The summed E-state index contributed by atoms with van der Waals surface area (Å²) in [5.41, 5.74) is 0.498. The molecule has 0 spiro atoms. The predicted molar refractivity (Wildman–Crippen MR) is 121 cm³/mol. The molecule has 2 amide bonds. The van der Waals surface area contributed by atoms with Gasteiger partial charge in [-0.25, -0.2) is 0 Å². The molecule has 3 atom stereocenters. The summed E-state index contributed by atoms with van der Waals surface area (Å²) in [4.78, 5) is 30.5. The van der Waals surface area contributed by atoms with Gasteiger partial charge in [-0.1, -0.05) is 6.92 Å². The van der Waals surface area contributed by atoms with Crippen molar-refractivity contribution in [3.8, 4) is 0 Å². The van der Waals surface area contributed by atoms with E-state index in [1.807, 2.05) is 36.5 Å². The topological polar surface area (TPSA) is 88.9 Å². The van der Waals surface area contributed by atoms with Gasteiger partial charge >= 0.3 is 0 Å². The van der Waals surface area contributed by atoms with Crippen molar-refractivity contribution in [2.24, 2.45) is 11.8 Å². The minimum Gasteiger partial charge on any atom is -0.383 e. The zero-order valence-electron chi connectivity index (χ0n) is 20.2. The number of morpholine rings is 1. The molecule has 9 heteroatoms. The van der Waals surface area contributed by atoms with E-state index in [2.05, 4.69) is 22.2 Å². The van der Waals surface area contributed by atoms with Crippen LogP contribution < -0.4 is 5.32 Å². The Morgan fingerprint density at radius 3 is 2.72 bits per heavy atom. The normalized spacial score (nSPS) is 23.5. The predicted octanol–water partition coefficient (Wildman–Crippen LogP) is 1.30. The van der Waals surface area contributed by atoms with E-state index >= 15 is 0 Å². The maximum absolute atomic E-state index is 13.3. The summed E-state index contributed by atoms with van der Waals surface area (Å²) in [6.45, 7) is 14.3. The summed E-state index contributed by atoms with van der Waals surface area (Å²) in [7, 11) is 1.65. The van der Waals surface area contributed by atoms with E-state index in [-0.39, 0.29) is 24.3 Å². The fraction of sp³-hybridized carbons (Fsp3) is 0.783. The van der Waals surface area contributed by atoms with Gasteiger partial charge in [0.1, 0.15) is 0 Å². The molecule has 0 aromatic carbocycles. The summed E-state index contributed by atoms with van der Waals surface area (Å²) in [5, 5.41) is 7.55. The summed E-state index contributed by atoms with van der Waals surface area (Å²) in [6.07, 6.45) is 3.93.